The van der Waals surface area contributed by atoms with E-state index in [2.05, 4.69) is 10.5 Å². The molecular formula is C13H16FN3O3. The molecule has 0 bridgehead atoms. The Hall–Kier alpha value is -2.31. The second kappa shape index (κ2) is 4.99. The molecule has 0 saturated heterocycles. The summed E-state index contributed by atoms with van der Waals surface area (Å²) in [5.74, 6) is -0.367. The number of amides is 1. The molecule has 2 rings (SSSR count). The zero-order valence-corrected chi connectivity index (χ0v) is 11.5. The summed E-state index contributed by atoms with van der Waals surface area (Å²) in [6.07, 6.45) is -0.617. The number of nitrogens with one attached hydrogen (secondary N) is 1. The van der Waals surface area contributed by atoms with Crippen LogP contribution >= 0.6 is 0 Å². The maximum absolute atomic E-state index is 13.8. The highest BCUT2D eigenvalue weighted by atomic mass is 19.1. The van der Waals surface area contributed by atoms with E-state index in [0.717, 1.165) is 0 Å². The number of benzene rings is 1. The number of nitrogens with zero attached hydrogens (tertiary/aromatic N) is 1. The number of nitrogen functional groups attached to an aromatic ring is 1. The molecule has 3 N–H and O–H groups in total. The molecular weight excluding hydrogens is 265 g/mol. The van der Waals surface area contributed by atoms with Gasteiger partial charge in [0.25, 0.3) is 0 Å². The molecule has 1 aromatic carbocycles. The van der Waals surface area contributed by atoms with E-state index in [9.17, 15) is 9.18 Å². The highest BCUT2D eigenvalue weighted by Gasteiger charge is 2.17. The minimum atomic E-state index is -0.617. The Labute approximate surface area is 115 Å². The molecule has 1 aromatic heterocycles. The summed E-state index contributed by atoms with van der Waals surface area (Å²) >= 11 is 0. The van der Waals surface area contributed by atoms with Gasteiger partial charge in [0.15, 0.2) is 11.4 Å². The minimum absolute atomic E-state index is 0.0166. The quantitative estimate of drug-likeness (QED) is 0.882. The van der Waals surface area contributed by atoms with E-state index in [1.165, 1.54) is 12.1 Å². The van der Waals surface area contributed by atoms with Gasteiger partial charge < -0.3 is 20.3 Å². The molecule has 0 aliphatic heterocycles. The van der Waals surface area contributed by atoms with E-state index in [0.29, 0.717) is 11.0 Å². The molecule has 108 valence electrons. The van der Waals surface area contributed by atoms with Gasteiger partial charge in [-0.15, -0.1) is 0 Å². The van der Waals surface area contributed by atoms with Gasteiger partial charge in [-0.2, -0.15) is 0 Å². The van der Waals surface area contributed by atoms with Gasteiger partial charge in [0, 0.05) is 12.1 Å². The molecule has 0 spiro atoms. The van der Waals surface area contributed by atoms with Crippen LogP contribution in [0.2, 0.25) is 0 Å². The molecule has 2 aromatic rings. The second-order valence-electron chi connectivity index (χ2n) is 5.36. The first kappa shape index (κ1) is 14.1. The topological polar surface area (TPSA) is 90.4 Å². The van der Waals surface area contributed by atoms with Crippen LogP contribution in [0.1, 0.15) is 26.3 Å². The number of carbonyl (C=O) groups is 1. The van der Waals surface area contributed by atoms with Gasteiger partial charge in [0.05, 0.1) is 5.39 Å². The predicted octanol–water partition coefficient (Wildman–Crippen LogP) is 2.57. The number of ether oxygens (including phenoxy) is 1. The van der Waals surface area contributed by atoms with E-state index in [-0.39, 0.29) is 17.9 Å². The summed E-state index contributed by atoms with van der Waals surface area (Å²) in [4.78, 5) is 11.5. The highest BCUT2D eigenvalue weighted by Crippen LogP contribution is 2.23. The van der Waals surface area contributed by atoms with Gasteiger partial charge in [-0.3, -0.25) is 0 Å². The van der Waals surface area contributed by atoms with Gasteiger partial charge in [-0.1, -0.05) is 5.16 Å². The van der Waals surface area contributed by atoms with E-state index >= 15 is 0 Å². The average molecular weight is 281 g/mol. The van der Waals surface area contributed by atoms with Gasteiger partial charge >= 0.3 is 6.09 Å². The van der Waals surface area contributed by atoms with E-state index in [1.807, 2.05) is 0 Å². The molecule has 20 heavy (non-hydrogen) atoms. The second-order valence-corrected chi connectivity index (χ2v) is 5.36. The van der Waals surface area contributed by atoms with Crippen molar-refractivity contribution in [3.63, 3.8) is 0 Å². The molecule has 0 aliphatic rings. The smallest absolute Gasteiger partial charge is 0.407 e. The Morgan fingerprint density at radius 1 is 1.50 bits per heavy atom. The normalized spacial score (nSPS) is 11.6. The van der Waals surface area contributed by atoms with Crippen LogP contribution in [0.4, 0.5) is 15.0 Å². The van der Waals surface area contributed by atoms with Crippen molar-refractivity contribution in [2.24, 2.45) is 0 Å². The van der Waals surface area contributed by atoms with Crippen molar-refractivity contribution in [3.8, 4) is 0 Å². The first-order chi connectivity index (χ1) is 9.26. The Balaban J connectivity index is 2.10. The largest absolute Gasteiger partial charge is 0.444 e. The SMILES string of the molecule is CC(C)(C)OC(=O)NCc1cc2onc(N)c2cc1F. The summed E-state index contributed by atoms with van der Waals surface area (Å²) in [5.41, 5.74) is 5.55. The summed E-state index contributed by atoms with van der Waals surface area (Å²) in [7, 11) is 0. The molecule has 0 atom stereocenters. The van der Waals surface area contributed by atoms with Crippen LogP contribution in [-0.2, 0) is 11.3 Å². The average Bonchev–Trinajstić information content (AvgIpc) is 2.66. The van der Waals surface area contributed by atoms with E-state index < -0.39 is 17.5 Å². The molecule has 1 heterocycles. The van der Waals surface area contributed by atoms with Crippen LogP contribution < -0.4 is 11.1 Å². The maximum Gasteiger partial charge on any atom is 0.407 e. The fourth-order valence-corrected chi connectivity index (χ4v) is 1.64. The van der Waals surface area contributed by atoms with Crippen molar-refractivity contribution in [1.29, 1.82) is 0 Å². The Bertz CT molecular complexity index is 646. The summed E-state index contributed by atoms with van der Waals surface area (Å²) in [5, 5.41) is 6.43. The van der Waals surface area contributed by atoms with E-state index in [4.69, 9.17) is 15.0 Å². The van der Waals surface area contributed by atoms with Crippen LogP contribution in [0, 0.1) is 5.82 Å². The fraction of sp³-hybridized carbons (Fsp3) is 0.385. The number of anilines is 1. The molecule has 0 aliphatic carbocycles. The number of hydrogen-bond acceptors (Lipinski definition) is 5. The van der Waals surface area contributed by atoms with Crippen LogP contribution in [0.25, 0.3) is 11.0 Å². The molecule has 0 unspecified atom stereocenters. The summed E-state index contributed by atoms with van der Waals surface area (Å²) in [6.45, 7) is 5.22. The zero-order chi connectivity index (χ0) is 14.9. The van der Waals surface area contributed by atoms with Crippen molar-refractivity contribution in [2.45, 2.75) is 32.9 Å². The Morgan fingerprint density at radius 3 is 2.85 bits per heavy atom. The molecule has 0 fully saturated rings. The lowest BCUT2D eigenvalue weighted by Crippen LogP contribution is -2.32. The van der Waals surface area contributed by atoms with Gasteiger partial charge in [-0.25, -0.2) is 9.18 Å². The van der Waals surface area contributed by atoms with Crippen molar-refractivity contribution in [1.82, 2.24) is 10.5 Å². The lowest BCUT2D eigenvalue weighted by molar-refractivity contribution is 0.0523. The molecule has 0 saturated carbocycles. The third-order valence-electron chi connectivity index (χ3n) is 2.49. The Morgan fingerprint density at radius 2 is 2.20 bits per heavy atom. The number of halogens is 1. The first-order valence-corrected chi connectivity index (χ1v) is 6.06. The number of nitrogens with two attached hydrogens (primary N) is 1. The van der Waals surface area contributed by atoms with E-state index in [1.54, 1.807) is 20.8 Å². The highest BCUT2D eigenvalue weighted by molar-refractivity contribution is 5.87. The molecule has 6 nitrogen and oxygen atoms in total. The van der Waals surface area contributed by atoms with Crippen molar-refractivity contribution >= 4 is 22.9 Å². The van der Waals surface area contributed by atoms with Crippen LogP contribution in [0.15, 0.2) is 16.7 Å². The third kappa shape index (κ3) is 3.17. The Kier molecular flexibility index (Phi) is 3.52. The van der Waals surface area contributed by atoms with Crippen molar-refractivity contribution in [2.75, 3.05) is 5.73 Å². The number of aromatic nitrogens is 1. The fourth-order valence-electron chi connectivity index (χ4n) is 1.64. The molecule has 0 radical (unpaired) electrons. The summed E-state index contributed by atoms with van der Waals surface area (Å²) in [6, 6.07) is 2.68. The zero-order valence-electron chi connectivity index (χ0n) is 11.5. The number of fused-ring (bicyclic) bond motifs is 1. The van der Waals surface area contributed by atoms with Gasteiger partial charge in [0.1, 0.15) is 11.4 Å². The lowest BCUT2D eigenvalue weighted by atomic mass is 10.1. The van der Waals surface area contributed by atoms with Crippen LogP contribution in [0.3, 0.4) is 0 Å². The van der Waals surface area contributed by atoms with Gasteiger partial charge in [0.2, 0.25) is 0 Å². The van der Waals surface area contributed by atoms with Crippen LogP contribution in [-0.4, -0.2) is 16.9 Å². The number of hydrogen-bond donors (Lipinski definition) is 2. The molecule has 1 amide bonds. The summed E-state index contributed by atoms with van der Waals surface area (Å²) < 4.78 is 23.9. The van der Waals surface area contributed by atoms with Crippen molar-refractivity contribution in [3.05, 3.63) is 23.5 Å². The number of carbonyl (C=O) groups excluding carboxylic acids is 1. The van der Waals surface area contributed by atoms with Crippen molar-refractivity contribution < 1.29 is 18.4 Å². The van der Waals surface area contributed by atoms with Gasteiger partial charge in [-0.05, 0) is 32.9 Å². The monoisotopic (exact) mass is 281 g/mol. The predicted molar refractivity (Wildman–Crippen MR) is 71.5 cm³/mol. The molecule has 7 heteroatoms. The third-order valence-corrected chi connectivity index (χ3v) is 2.49. The number of alkyl carbamates (subject to hydrolysis) is 1. The number of rotatable bonds is 2. The van der Waals surface area contributed by atoms with Crippen LogP contribution in [0.5, 0.6) is 0 Å². The standard InChI is InChI=1S/C13H16FN3O3/c1-13(2,3)19-12(18)16-6-7-4-10-8(5-9(7)14)11(15)17-20-10/h4-5H,6H2,1-3H3,(H2,15,17)(H,16,18). The minimum Gasteiger partial charge on any atom is -0.444 e. The maximum atomic E-state index is 13.8. The lowest BCUT2D eigenvalue weighted by Gasteiger charge is -2.19. The first-order valence-electron chi connectivity index (χ1n) is 6.06.